The first-order valence-corrected chi connectivity index (χ1v) is 9.08. The second-order valence-electron chi connectivity index (χ2n) is 6.96. The molecule has 1 heterocycles. The van der Waals surface area contributed by atoms with Gasteiger partial charge in [-0.1, -0.05) is 54.6 Å². The fraction of sp³-hybridized carbons (Fsp3) is 0.217. The third kappa shape index (κ3) is 3.52. The van der Waals surface area contributed by atoms with Gasteiger partial charge in [0.15, 0.2) is 0 Å². The molecule has 1 N–H and O–H groups in total. The quantitative estimate of drug-likeness (QED) is 0.728. The highest BCUT2D eigenvalue weighted by Crippen LogP contribution is 2.47. The van der Waals surface area contributed by atoms with E-state index in [9.17, 15) is 4.79 Å². The molecule has 0 aliphatic heterocycles. The molecule has 0 spiro atoms. The van der Waals surface area contributed by atoms with E-state index < -0.39 is 0 Å². The molecule has 4 rings (SSSR count). The van der Waals surface area contributed by atoms with E-state index in [2.05, 4.69) is 40.6 Å². The molecule has 3 atom stereocenters. The van der Waals surface area contributed by atoms with Crippen molar-refractivity contribution < 1.29 is 4.79 Å². The maximum atomic E-state index is 12.6. The summed E-state index contributed by atoms with van der Waals surface area (Å²) in [6.45, 7) is 2.04. The first kappa shape index (κ1) is 16.5. The van der Waals surface area contributed by atoms with Crippen molar-refractivity contribution in [3.63, 3.8) is 0 Å². The van der Waals surface area contributed by atoms with Crippen molar-refractivity contribution in [2.24, 2.45) is 5.92 Å². The highest BCUT2D eigenvalue weighted by Gasteiger charge is 2.44. The molecule has 1 aromatic heterocycles. The van der Waals surface area contributed by atoms with Crippen LogP contribution in [-0.4, -0.2) is 10.9 Å². The largest absolute Gasteiger partial charge is 0.349 e. The summed E-state index contributed by atoms with van der Waals surface area (Å²) < 4.78 is 0. The average Bonchev–Trinajstić information content (AvgIpc) is 3.50. The summed E-state index contributed by atoms with van der Waals surface area (Å²) in [4.78, 5) is 16.8. The highest BCUT2D eigenvalue weighted by atomic mass is 16.2. The summed E-state index contributed by atoms with van der Waals surface area (Å²) in [6.07, 6.45) is 4.57. The molecule has 26 heavy (non-hydrogen) atoms. The van der Waals surface area contributed by atoms with Crippen molar-refractivity contribution >= 4 is 5.91 Å². The number of nitrogens with zero attached hydrogens (tertiary/aromatic N) is 1. The fourth-order valence-corrected chi connectivity index (χ4v) is 3.48. The molecule has 3 aromatic rings. The van der Waals surface area contributed by atoms with Gasteiger partial charge in [-0.3, -0.25) is 9.78 Å². The second-order valence-corrected chi connectivity index (χ2v) is 6.96. The van der Waals surface area contributed by atoms with Crippen molar-refractivity contribution in [3.05, 3.63) is 90.3 Å². The summed E-state index contributed by atoms with van der Waals surface area (Å²) >= 11 is 0. The molecule has 3 nitrogen and oxygen atoms in total. The fourth-order valence-electron chi connectivity index (χ4n) is 3.48. The molecule has 0 bridgehead atoms. The van der Waals surface area contributed by atoms with Gasteiger partial charge in [-0.15, -0.1) is 0 Å². The monoisotopic (exact) mass is 342 g/mol. The number of pyridine rings is 1. The number of carbonyl (C=O) groups excluding carboxylic acids is 1. The number of hydrogen-bond acceptors (Lipinski definition) is 2. The van der Waals surface area contributed by atoms with E-state index in [0.29, 0.717) is 5.92 Å². The van der Waals surface area contributed by atoms with Crippen molar-refractivity contribution in [2.75, 3.05) is 0 Å². The zero-order valence-electron chi connectivity index (χ0n) is 14.8. The molecular weight excluding hydrogens is 320 g/mol. The van der Waals surface area contributed by atoms with E-state index in [0.717, 1.165) is 23.1 Å². The third-order valence-electron chi connectivity index (χ3n) is 5.10. The number of hydrogen-bond donors (Lipinski definition) is 1. The van der Waals surface area contributed by atoms with Gasteiger partial charge in [0.25, 0.3) is 0 Å². The van der Waals surface area contributed by atoms with Gasteiger partial charge in [-0.25, -0.2) is 0 Å². The highest BCUT2D eigenvalue weighted by molar-refractivity contribution is 5.83. The molecule has 3 unspecified atom stereocenters. The number of benzene rings is 2. The van der Waals surface area contributed by atoms with Crippen LogP contribution in [0.25, 0.3) is 11.1 Å². The molecule has 1 aliphatic carbocycles. The molecule has 3 heteroatoms. The number of aromatic nitrogens is 1. The maximum absolute atomic E-state index is 12.6. The lowest BCUT2D eigenvalue weighted by atomic mass is 10.0. The minimum Gasteiger partial charge on any atom is -0.349 e. The SMILES string of the molecule is CC(NC(=O)C1CC1c1ccccc1)c1cccc(-c2cccnc2)c1. The van der Waals surface area contributed by atoms with Gasteiger partial charge in [0.1, 0.15) is 0 Å². The standard InChI is InChI=1S/C23H22N2O/c1-16(18-9-5-10-19(13-18)20-11-6-12-24-15-20)25-23(26)22-14-21(22)17-7-3-2-4-8-17/h2-13,15-16,21-22H,14H2,1H3,(H,25,26). The Morgan fingerprint density at radius 2 is 1.85 bits per heavy atom. The Kier molecular flexibility index (Phi) is 4.53. The van der Waals surface area contributed by atoms with Crippen molar-refractivity contribution in [1.82, 2.24) is 10.3 Å². The van der Waals surface area contributed by atoms with Crippen LogP contribution in [0.5, 0.6) is 0 Å². The minimum atomic E-state index is -0.0175. The van der Waals surface area contributed by atoms with E-state index in [1.54, 1.807) is 6.20 Å². The summed E-state index contributed by atoms with van der Waals surface area (Å²) in [7, 11) is 0. The first-order valence-electron chi connectivity index (χ1n) is 9.08. The lowest BCUT2D eigenvalue weighted by Crippen LogP contribution is -2.28. The predicted octanol–water partition coefficient (Wildman–Crippen LogP) is 4.73. The van der Waals surface area contributed by atoms with Crippen LogP contribution in [0.15, 0.2) is 79.1 Å². The molecule has 1 saturated carbocycles. The van der Waals surface area contributed by atoms with Gasteiger partial charge in [-0.05, 0) is 53.6 Å². The van der Waals surface area contributed by atoms with Crippen molar-refractivity contribution in [1.29, 1.82) is 0 Å². The second kappa shape index (κ2) is 7.12. The van der Waals surface area contributed by atoms with Gasteiger partial charge in [-0.2, -0.15) is 0 Å². The van der Waals surface area contributed by atoms with Crippen molar-refractivity contribution in [2.45, 2.75) is 25.3 Å². The Hall–Kier alpha value is -2.94. The molecular formula is C23H22N2O. The molecule has 0 radical (unpaired) electrons. The van der Waals surface area contributed by atoms with Crippen molar-refractivity contribution in [3.8, 4) is 11.1 Å². The van der Waals surface area contributed by atoms with Crippen LogP contribution in [0, 0.1) is 5.92 Å². The van der Waals surface area contributed by atoms with Gasteiger partial charge in [0.2, 0.25) is 5.91 Å². The zero-order valence-corrected chi connectivity index (χ0v) is 14.8. The average molecular weight is 342 g/mol. The summed E-state index contributed by atoms with van der Waals surface area (Å²) in [5.41, 5.74) is 4.57. The van der Waals surface area contributed by atoms with Gasteiger partial charge in [0.05, 0.1) is 6.04 Å². The summed E-state index contributed by atoms with van der Waals surface area (Å²) in [5, 5.41) is 3.18. The van der Waals surface area contributed by atoms with Crippen LogP contribution in [0.1, 0.15) is 36.4 Å². The Balaban J connectivity index is 1.42. The first-order chi connectivity index (χ1) is 12.7. The lowest BCUT2D eigenvalue weighted by Gasteiger charge is -2.15. The van der Waals surface area contributed by atoms with Crippen LogP contribution >= 0.6 is 0 Å². The predicted molar refractivity (Wildman–Crippen MR) is 104 cm³/mol. The number of nitrogens with one attached hydrogen (secondary N) is 1. The summed E-state index contributed by atoms with van der Waals surface area (Å²) in [6, 6.07) is 22.6. The molecule has 1 fully saturated rings. The van der Waals surface area contributed by atoms with Gasteiger partial charge in [0, 0.05) is 18.3 Å². The van der Waals surface area contributed by atoms with Crippen LogP contribution in [0.4, 0.5) is 0 Å². The Morgan fingerprint density at radius 3 is 2.62 bits per heavy atom. The number of amides is 1. The normalized spacial score (nSPS) is 19.6. The molecule has 0 saturated heterocycles. The summed E-state index contributed by atoms with van der Waals surface area (Å²) in [5.74, 6) is 0.615. The number of carbonyl (C=O) groups is 1. The smallest absolute Gasteiger partial charge is 0.224 e. The Morgan fingerprint density at radius 1 is 1.04 bits per heavy atom. The Labute approximate surface area is 154 Å². The van der Waals surface area contributed by atoms with Gasteiger partial charge < -0.3 is 5.32 Å². The molecule has 1 aliphatic rings. The van der Waals surface area contributed by atoms with E-state index in [1.807, 2.05) is 49.5 Å². The van der Waals surface area contributed by atoms with Crippen LogP contribution in [-0.2, 0) is 4.79 Å². The molecule has 2 aromatic carbocycles. The third-order valence-corrected chi connectivity index (χ3v) is 5.10. The van der Waals surface area contributed by atoms with E-state index in [1.165, 1.54) is 5.56 Å². The maximum Gasteiger partial charge on any atom is 0.224 e. The topological polar surface area (TPSA) is 42.0 Å². The number of rotatable bonds is 5. The minimum absolute atomic E-state index is 0.0175. The van der Waals surface area contributed by atoms with E-state index >= 15 is 0 Å². The lowest BCUT2D eigenvalue weighted by molar-refractivity contribution is -0.123. The van der Waals surface area contributed by atoms with E-state index in [4.69, 9.17) is 0 Å². The zero-order chi connectivity index (χ0) is 17.9. The van der Waals surface area contributed by atoms with Crippen LogP contribution in [0.2, 0.25) is 0 Å². The Bertz CT molecular complexity index is 892. The van der Waals surface area contributed by atoms with E-state index in [-0.39, 0.29) is 17.9 Å². The molecule has 130 valence electrons. The van der Waals surface area contributed by atoms with Crippen LogP contribution in [0.3, 0.4) is 0 Å². The van der Waals surface area contributed by atoms with Crippen LogP contribution < -0.4 is 5.32 Å². The van der Waals surface area contributed by atoms with Gasteiger partial charge >= 0.3 is 0 Å². The molecule has 1 amide bonds.